The third-order valence-corrected chi connectivity index (χ3v) is 5.30. The Hall–Kier alpha value is -3.06. The normalized spacial score (nSPS) is 17.4. The first-order valence-electron chi connectivity index (χ1n) is 9.88. The van der Waals surface area contributed by atoms with Crippen LogP contribution in [-0.4, -0.2) is 38.6 Å². The van der Waals surface area contributed by atoms with Gasteiger partial charge in [0.15, 0.2) is 5.82 Å². The van der Waals surface area contributed by atoms with Gasteiger partial charge in [0.05, 0.1) is 6.04 Å². The fraction of sp³-hybridized carbons (Fsp3) is 0.318. The zero-order valence-corrected chi connectivity index (χ0v) is 16.1. The van der Waals surface area contributed by atoms with Gasteiger partial charge in [-0.25, -0.2) is 9.37 Å². The minimum absolute atomic E-state index is 0.0333. The van der Waals surface area contributed by atoms with Crippen molar-refractivity contribution >= 4 is 5.91 Å². The molecule has 1 saturated heterocycles. The van der Waals surface area contributed by atoms with Crippen LogP contribution in [0.3, 0.4) is 0 Å². The molecule has 6 nitrogen and oxygen atoms in total. The molecule has 2 atom stereocenters. The minimum Gasteiger partial charge on any atom is -0.332 e. The Morgan fingerprint density at radius 1 is 1.21 bits per heavy atom. The average molecular weight is 393 g/mol. The van der Waals surface area contributed by atoms with E-state index in [9.17, 15) is 9.18 Å². The molecule has 2 aromatic carbocycles. The van der Waals surface area contributed by atoms with E-state index in [0.29, 0.717) is 30.2 Å². The lowest BCUT2D eigenvalue weighted by Gasteiger charge is -2.24. The molecule has 3 N–H and O–H groups in total. The average Bonchev–Trinajstić information content (AvgIpc) is 3.40. The Labute approximate surface area is 169 Å². The number of benzene rings is 2. The first-order chi connectivity index (χ1) is 14.1. The first-order valence-corrected chi connectivity index (χ1v) is 9.88. The molecule has 3 aromatic rings. The van der Waals surface area contributed by atoms with Crippen LogP contribution < -0.4 is 5.73 Å². The lowest BCUT2D eigenvalue weighted by atomic mass is 10.0. The number of amides is 1. The van der Waals surface area contributed by atoms with Crippen LogP contribution in [0.15, 0.2) is 54.6 Å². The van der Waals surface area contributed by atoms with Gasteiger partial charge in [-0.05, 0) is 30.9 Å². The van der Waals surface area contributed by atoms with Gasteiger partial charge in [0.1, 0.15) is 11.6 Å². The molecule has 1 aliphatic heterocycles. The van der Waals surface area contributed by atoms with Gasteiger partial charge in [-0.15, -0.1) is 0 Å². The maximum Gasteiger partial charge on any atom is 0.224 e. The Morgan fingerprint density at radius 3 is 2.76 bits per heavy atom. The maximum atomic E-state index is 13.8. The van der Waals surface area contributed by atoms with Gasteiger partial charge in [-0.3, -0.25) is 9.89 Å². The van der Waals surface area contributed by atoms with Crippen LogP contribution in [0, 0.1) is 5.82 Å². The molecule has 29 heavy (non-hydrogen) atoms. The van der Waals surface area contributed by atoms with Gasteiger partial charge in [0, 0.05) is 24.6 Å². The first kappa shape index (κ1) is 19.3. The number of carbonyl (C=O) groups is 1. The number of nitrogens with zero attached hydrogens (tertiary/aromatic N) is 3. The highest BCUT2D eigenvalue weighted by atomic mass is 19.1. The summed E-state index contributed by atoms with van der Waals surface area (Å²) in [6, 6.07) is 15.7. The Bertz CT molecular complexity index is 974. The Morgan fingerprint density at radius 2 is 1.97 bits per heavy atom. The number of halogens is 1. The van der Waals surface area contributed by atoms with Gasteiger partial charge < -0.3 is 10.6 Å². The quantitative estimate of drug-likeness (QED) is 0.673. The second-order valence-corrected chi connectivity index (χ2v) is 7.42. The summed E-state index contributed by atoms with van der Waals surface area (Å²) >= 11 is 0. The zero-order valence-electron chi connectivity index (χ0n) is 16.1. The van der Waals surface area contributed by atoms with E-state index < -0.39 is 6.04 Å². The van der Waals surface area contributed by atoms with E-state index in [-0.39, 0.29) is 24.2 Å². The molecule has 0 radical (unpaired) electrons. The summed E-state index contributed by atoms with van der Waals surface area (Å²) in [4.78, 5) is 19.3. The highest BCUT2D eigenvalue weighted by Crippen LogP contribution is 2.31. The highest BCUT2D eigenvalue weighted by molar-refractivity contribution is 5.77. The van der Waals surface area contributed by atoms with Crippen molar-refractivity contribution in [3.8, 4) is 11.4 Å². The van der Waals surface area contributed by atoms with Crippen molar-refractivity contribution in [3.63, 3.8) is 0 Å². The molecule has 1 amide bonds. The number of likely N-dealkylation sites (tertiary alicyclic amines) is 1. The Balaban J connectivity index is 1.42. The van der Waals surface area contributed by atoms with E-state index >= 15 is 0 Å². The fourth-order valence-electron chi connectivity index (χ4n) is 3.85. The molecule has 2 heterocycles. The summed E-state index contributed by atoms with van der Waals surface area (Å²) in [5, 5.41) is 7.31. The van der Waals surface area contributed by atoms with Crippen LogP contribution in [0.1, 0.15) is 36.7 Å². The van der Waals surface area contributed by atoms with Gasteiger partial charge >= 0.3 is 0 Å². The third-order valence-electron chi connectivity index (χ3n) is 5.30. The summed E-state index contributed by atoms with van der Waals surface area (Å²) in [5.41, 5.74) is 7.62. The topological polar surface area (TPSA) is 87.9 Å². The van der Waals surface area contributed by atoms with E-state index in [1.165, 1.54) is 6.07 Å². The molecule has 4 rings (SSSR count). The standard InChI is InChI=1S/C22H24FN5O/c23-18-10-5-4-9-16(18)13-17(24)14-20(29)28-12-6-11-19(28)22-25-21(26-27-22)15-7-2-1-3-8-15/h1-5,7-10,17,19H,6,11-14,24H2,(H,25,26,27)/t17?,19-/m0/s1. The van der Waals surface area contributed by atoms with E-state index in [1.54, 1.807) is 18.2 Å². The molecule has 1 aromatic heterocycles. The van der Waals surface area contributed by atoms with Crippen molar-refractivity contribution in [2.75, 3.05) is 6.54 Å². The Kier molecular flexibility index (Phi) is 5.67. The summed E-state index contributed by atoms with van der Waals surface area (Å²) in [6.07, 6.45) is 2.24. The monoisotopic (exact) mass is 393 g/mol. The molecule has 150 valence electrons. The second kappa shape index (κ2) is 8.53. The van der Waals surface area contributed by atoms with E-state index in [4.69, 9.17) is 5.73 Å². The molecule has 1 aliphatic rings. The van der Waals surface area contributed by atoms with Crippen molar-refractivity contribution < 1.29 is 9.18 Å². The number of hydrogen-bond acceptors (Lipinski definition) is 4. The molecule has 1 unspecified atom stereocenters. The highest BCUT2D eigenvalue weighted by Gasteiger charge is 2.33. The van der Waals surface area contributed by atoms with E-state index in [2.05, 4.69) is 15.2 Å². The summed E-state index contributed by atoms with van der Waals surface area (Å²) in [5.74, 6) is 0.993. The van der Waals surface area contributed by atoms with Crippen LogP contribution in [-0.2, 0) is 11.2 Å². The fourth-order valence-corrected chi connectivity index (χ4v) is 3.85. The van der Waals surface area contributed by atoms with Crippen molar-refractivity contribution in [1.82, 2.24) is 20.1 Å². The predicted octanol–water partition coefficient (Wildman–Crippen LogP) is 3.23. The molecule has 7 heteroatoms. The number of rotatable bonds is 6. The number of hydrogen-bond donors (Lipinski definition) is 2. The van der Waals surface area contributed by atoms with Crippen LogP contribution in [0.2, 0.25) is 0 Å². The zero-order chi connectivity index (χ0) is 20.2. The molecule has 0 bridgehead atoms. The third kappa shape index (κ3) is 4.35. The largest absolute Gasteiger partial charge is 0.332 e. The van der Waals surface area contributed by atoms with Crippen LogP contribution >= 0.6 is 0 Å². The number of carbonyl (C=O) groups excluding carboxylic acids is 1. The summed E-state index contributed by atoms with van der Waals surface area (Å²) in [7, 11) is 0. The molecule has 1 fully saturated rings. The summed E-state index contributed by atoms with van der Waals surface area (Å²) < 4.78 is 13.8. The van der Waals surface area contributed by atoms with E-state index in [1.807, 2.05) is 35.2 Å². The van der Waals surface area contributed by atoms with Crippen LogP contribution in [0.4, 0.5) is 4.39 Å². The predicted molar refractivity (Wildman–Crippen MR) is 108 cm³/mol. The van der Waals surface area contributed by atoms with Gasteiger partial charge in [-0.2, -0.15) is 5.10 Å². The van der Waals surface area contributed by atoms with Crippen molar-refractivity contribution in [1.29, 1.82) is 0 Å². The van der Waals surface area contributed by atoms with E-state index in [0.717, 1.165) is 18.4 Å². The summed E-state index contributed by atoms with van der Waals surface area (Å²) in [6.45, 7) is 0.664. The van der Waals surface area contributed by atoms with Crippen LogP contribution in [0.5, 0.6) is 0 Å². The number of aromatic amines is 1. The number of nitrogens with one attached hydrogen (secondary N) is 1. The number of aromatic nitrogens is 3. The van der Waals surface area contributed by atoms with Gasteiger partial charge in [0.25, 0.3) is 0 Å². The smallest absolute Gasteiger partial charge is 0.224 e. The number of H-pyrrole nitrogens is 1. The van der Waals surface area contributed by atoms with Crippen molar-refractivity contribution in [3.05, 3.63) is 71.8 Å². The SMILES string of the molecule is NC(CC(=O)N1CCC[C@H]1c1nc(-c2ccccc2)n[nH]1)Cc1ccccc1F. The minimum atomic E-state index is -0.435. The van der Waals surface area contributed by atoms with Gasteiger partial charge in [0.2, 0.25) is 5.91 Å². The molecule has 0 aliphatic carbocycles. The molecular weight excluding hydrogens is 369 g/mol. The molecular formula is C22H24FN5O. The lowest BCUT2D eigenvalue weighted by Crippen LogP contribution is -2.36. The maximum absolute atomic E-state index is 13.8. The molecule has 0 spiro atoms. The van der Waals surface area contributed by atoms with Gasteiger partial charge in [-0.1, -0.05) is 48.5 Å². The van der Waals surface area contributed by atoms with Crippen molar-refractivity contribution in [2.45, 2.75) is 37.8 Å². The lowest BCUT2D eigenvalue weighted by molar-refractivity contribution is -0.132. The second-order valence-electron chi connectivity index (χ2n) is 7.42. The van der Waals surface area contributed by atoms with Crippen LogP contribution in [0.25, 0.3) is 11.4 Å². The molecule has 0 saturated carbocycles. The number of nitrogens with two attached hydrogens (primary N) is 1. The van der Waals surface area contributed by atoms with Crippen molar-refractivity contribution in [2.24, 2.45) is 5.73 Å².